The van der Waals surface area contributed by atoms with Gasteiger partial charge < -0.3 is 10.4 Å². The van der Waals surface area contributed by atoms with Crippen LogP contribution in [0.3, 0.4) is 0 Å². The highest BCUT2D eigenvalue weighted by Crippen LogP contribution is 2.78. The largest absolute Gasteiger partial charge is 0.387 e. The van der Waals surface area contributed by atoms with Gasteiger partial charge in [-0.15, -0.1) is 6.58 Å². The Morgan fingerprint density at radius 1 is 1.35 bits per heavy atom. The molecule has 1 aliphatic heterocycles. The van der Waals surface area contributed by atoms with E-state index in [2.05, 4.69) is 29.0 Å². The van der Waals surface area contributed by atoms with E-state index in [1.165, 1.54) is 12.8 Å². The Morgan fingerprint density at radius 2 is 2.22 bits per heavy atom. The number of aromatic nitrogens is 1. The van der Waals surface area contributed by atoms with Crippen molar-refractivity contribution in [2.24, 2.45) is 23.2 Å². The van der Waals surface area contributed by atoms with Crippen molar-refractivity contribution in [3.05, 3.63) is 54.7 Å². The summed E-state index contributed by atoms with van der Waals surface area (Å²) < 4.78 is 0. The zero-order valence-corrected chi connectivity index (χ0v) is 13.2. The van der Waals surface area contributed by atoms with Crippen LogP contribution in [0.4, 0.5) is 0 Å². The first kappa shape index (κ1) is 13.7. The molecule has 5 rings (SSSR count). The van der Waals surface area contributed by atoms with Gasteiger partial charge in [-0.1, -0.05) is 24.3 Å². The second-order valence-electron chi connectivity index (χ2n) is 7.43. The number of aliphatic hydroxyl groups excluding tert-OH is 1. The molecule has 3 fully saturated rings. The van der Waals surface area contributed by atoms with E-state index in [0.717, 1.165) is 34.8 Å². The van der Waals surface area contributed by atoms with Gasteiger partial charge in [0.1, 0.15) is 0 Å². The number of hydrogen-bond acceptors (Lipinski definition) is 3. The molecule has 23 heavy (non-hydrogen) atoms. The average molecular weight is 306 g/mol. The standard InChI is InChI=1S/C20H22N2O/c1-2-15-14-8-10-22-19(20(15)11-16(14)20)18(23)13-7-9-21-17-6-4-3-5-12(13)17/h2-7,9,14-16,18-19,22-23H,1,8,10-11H2/t14?,15?,16?,18-,19-,20-/m1/s1. The Bertz CT molecular complexity index is 783. The minimum absolute atomic E-state index is 0.125. The predicted molar refractivity (Wildman–Crippen MR) is 90.8 cm³/mol. The van der Waals surface area contributed by atoms with Crippen molar-refractivity contribution in [1.29, 1.82) is 0 Å². The lowest BCUT2D eigenvalue weighted by Crippen LogP contribution is -2.49. The molecular weight excluding hydrogens is 284 g/mol. The third-order valence-electron chi connectivity index (χ3n) is 6.69. The summed E-state index contributed by atoms with van der Waals surface area (Å²) in [5.74, 6) is 2.13. The zero-order valence-electron chi connectivity index (χ0n) is 13.2. The predicted octanol–water partition coefficient (Wildman–Crippen LogP) is 3.07. The molecule has 1 spiro atoms. The summed E-state index contributed by atoms with van der Waals surface area (Å²) in [4.78, 5) is 4.43. The van der Waals surface area contributed by atoms with E-state index in [0.29, 0.717) is 5.92 Å². The van der Waals surface area contributed by atoms with Crippen LogP contribution in [0, 0.1) is 23.2 Å². The Kier molecular flexibility index (Phi) is 2.77. The van der Waals surface area contributed by atoms with Crippen LogP contribution in [0.1, 0.15) is 24.5 Å². The maximum Gasteiger partial charge on any atom is 0.0955 e. The molecule has 3 unspecified atom stereocenters. The summed E-state index contributed by atoms with van der Waals surface area (Å²) in [7, 11) is 0. The first-order valence-electron chi connectivity index (χ1n) is 8.65. The molecule has 2 saturated carbocycles. The highest BCUT2D eigenvalue weighted by molar-refractivity contribution is 5.82. The van der Waals surface area contributed by atoms with E-state index in [4.69, 9.17) is 0 Å². The molecule has 2 N–H and O–H groups in total. The van der Waals surface area contributed by atoms with Gasteiger partial charge >= 0.3 is 0 Å². The minimum atomic E-state index is -0.491. The second kappa shape index (κ2) is 4.65. The van der Waals surface area contributed by atoms with Crippen molar-refractivity contribution in [2.75, 3.05) is 6.54 Å². The fraction of sp³-hybridized carbons (Fsp3) is 0.450. The molecule has 0 radical (unpaired) electrons. The molecule has 1 aromatic carbocycles. The van der Waals surface area contributed by atoms with Crippen LogP contribution in [-0.4, -0.2) is 22.7 Å². The zero-order chi connectivity index (χ0) is 15.6. The monoisotopic (exact) mass is 306 g/mol. The Labute approximate surface area is 136 Å². The van der Waals surface area contributed by atoms with Crippen LogP contribution in [0.2, 0.25) is 0 Å². The number of pyridine rings is 1. The van der Waals surface area contributed by atoms with Crippen LogP contribution in [0.5, 0.6) is 0 Å². The lowest BCUT2D eigenvalue weighted by Gasteiger charge is -2.45. The van der Waals surface area contributed by atoms with Crippen LogP contribution in [-0.2, 0) is 0 Å². The summed E-state index contributed by atoms with van der Waals surface area (Å²) in [6, 6.07) is 10.2. The maximum atomic E-state index is 11.2. The minimum Gasteiger partial charge on any atom is -0.387 e. The summed E-state index contributed by atoms with van der Waals surface area (Å²) in [6.45, 7) is 5.07. The third-order valence-corrected chi connectivity index (χ3v) is 6.69. The van der Waals surface area contributed by atoms with Gasteiger partial charge in [0.2, 0.25) is 0 Å². The summed E-state index contributed by atoms with van der Waals surface area (Å²) in [5.41, 5.74) is 2.20. The molecule has 1 aromatic heterocycles. The quantitative estimate of drug-likeness (QED) is 0.857. The van der Waals surface area contributed by atoms with E-state index in [1.54, 1.807) is 0 Å². The molecule has 2 aliphatic carbocycles. The van der Waals surface area contributed by atoms with Gasteiger partial charge in [-0.3, -0.25) is 4.98 Å². The maximum absolute atomic E-state index is 11.2. The first-order valence-corrected chi connectivity index (χ1v) is 8.65. The van der Waals surface area contributed by atoms with Gasteiger partial charge in [0.15, 0.2) is 0 Å². The first-order chi connectivity index (χ1) is 11.3. The van der Waals surface area contributed by atoms with Gasteiger partial charge in [0, 0.05) is 17.6 Å². The highest BCUT2D eigenvalue weighted by Gasteiger charge is 2.76. The van der Waals surface area contributed by atoms with Gasteiger partial charge in [-0.05, 0) is 60.3 Å². The lowest BCUT2D eigenvalue weighted by molar-refractivity contribution is 0.0178. The molecular formula is C20H22N2O. The number of allylic oxidation sites excluding steroid dienone is 1. The molecule has 3 nitrogen and oxygen atoms in total. The van der Waals surface area contributed by atoms with E-state index in [1.807, 2.05) is 30.5 Å². The molecule has 3 heteroatoms. The van der Waals surface area contributed by atoms with Gasteiger partial charge in [0.05, 0.1) is 11.6 Å². The number of hydrogen-bond donors (Lipinski definition) is 2. The smallest absolute Gasteiger partial charge is 0.0955 e. The molecule has 3 aliphatic rings. The molecule has 118 valence electrons. The molecule has 0 amide bonds. The Balaban J connectivity index is 1.57. The second-order valence-corrected chi connectivity index (χ2v) is 7.43. The summed E-state index contributed by atoms with van der Waals surface area (Å²) >= 11 is 0. The van der Waals surface area contributed by atoms with Gasteiger partial charge in [-0.25, -0.2) is 0 Å². The number of nitrogens with one attached hydrogen (secondary N) is 1. The number of benzene rings is 1. The van der Waals surface area contributed by atoms with Crippen molar-refractivity contribution >= 4 is 10.9 Å². The molecule has 6 atom stereocenters. The number of fused-ring (bicyclic) bond motifs is 3. The molecule has 1 saturated heterocycles. The van der Waals surface area contributed by atoms with Crippen molar-refractivity contribution in [1.82, 2.24) is 10.3 Å². The summed E-state index contributed by atoms with van der Waals surface area (Å²) in [5, 5.41) is 16.0. The lowest BCUT2D eigenvalue weighted by atomic mass is 9.60. The number of nitrogens with zero attached hydrogens (tertiary/aromatic N) is 1. The number of aliphatic hydroxyl groups is 1. The Morgan fingerprint density at radius 3 is 3.09 bits per heavy atom. The van der Waals surface area contributed by atoms with Crippen molar-refractivity contribution in [3.63, 3.8) is 0 Å². The molecule has 2 heterocycles. The highest BCUT2D eigenvalue weighted by atomic mass is 16.3. The van der Waals surface area contributed by atoms with E-state index >= 15 is 0 Å². The van der Waals surface area contributed by atoms with Crippen molar-refractivity contribution in [2.45, 2.75) is 25.0 Å². The molecule has 2 bridgehead atoms. The fourth-order valence-corrected chi connectivity index (χ4v) is 5.68. The third kappa shape index (κ3) is 1.64. The van der Waals surface area contributed by atoms with E-state index < -0.39 is 6.10 Å². The number of rotatable bonds is 3. The van der Waals surface area contributed by atoms with Crippen molar-refractivity contribution < 1.29 is 5.11 Å². The van der Waals surface area contributed by atoms with Gasteiger partial charge in [-0.2, -0.15) is 0 Å². The topological polar surface area (TPSA) is 45.1 Å². The van der Waals surface area contributed by atoms with Crippen molar-refractivity contribution in [3.8, 4) is 0 Å². The van der Waals surface area contributed by atoms with Crippen LogP contribution in [0.15, 0.2) is 49.2 Å². The Hall–Kier alpha value is -1.71. The van der Waals surface area contributed by atoms with E-state index in [9.17, 15) is 5.11 Å². The van der Waals surface area contributed by atoms with E-state index in [-0.39, 0.29) is 11.5 Å². The normalized spacial score (nSPS) is 39.0. The SMILES string of the molecule is C=CC1C2CCN[C@H]([C@H](O)c3ccnc4ccccc34)[C@]13CC23. The van der Waals surface area contributed by atoms with Crippen LogP contribution >= 0.6 is 0 Å². The van der Waals surface area contributed by atoms with Crippen LogP contribution < -0.4 is 5.32 Å². The number of para-hydroxylation sites is 1. The van der Waals surface area contributed by atoms with Crippen LogP contribution in [0.25, 0.3) is 10.9 Å². The van der Waals surface area contributed by atoms with Gasteiger partial charge in [0.25, 0.3) is 0 Å². The average Bonchev–Trinajstić information content (AvgIpc) is 3.29. The molecule has 2 aromatic rings. The summed E-state index contributed by atoms with van der Waals surface area (Å²) in [6.07, 6.45) is 5.92. The fourth-order valence-electron chi connectivity index (χ4n) is 5.68.